The number of benzene rings is 1. The van der Waals surface area contributed by atoms with Gasteiger partial charge in [0, 0.05) is 29.4 Å². The van der Waals surface area contributed by atoms with Gasteiger partial charge in [0.1, 0.15) is 11.3 Å². The number of aryl methyl sites for hydroxylation is 2. The Kier molecular flexibility index (Phi) is 7.44. The molecule has 9 nitrogen and oxygen atoms in total. The number of nitrogens with zero attached hydrogens (tertiary/aromatic N) is 4. The molecule has 0 radical (unpaired) electrons. The summed E-state index contributed by atoms with van der Waals surface area (Å²) in [6, 6.07) is 6.31. The lowest BCUT2D eigenvalue weighted by molar-refractivity contribution is -0.0365. The molecule has 0 saturated carbocycles. The van der Waals surface area contributed by atoms with E-state index in [1.807, 2.05) is 38.6 Å². The lowest BCUT2D eigenvalue weighted by Crippen LogP contribution is -2.27. The third kappa shape index (κ3) is 5.54. The Balaban J connectivity index is 1.60. The van der Waals surface area contributed by atoms with Gasteiger partial charge in [-0.2, -0.15) is 5.10 Å². The summed E-state index contributed by atoms with van der Waals surface area (Å²) in [4.78, 5) is 25.3. The number of carbonyl (C=O) groups is 1. The summed E-state index contributed by atoms with van der Waals surface area (Å²) in [6.45, 7) is 12.5. The van der Waals surface area contributed by atoms with Gasteiger partial charge in [-0.1, -0.05) is 19.9 Å². The third-order valence-electron chi connectivity index (χ3n) is 7.07. The highest BCUT2D eigenvalue weighted by Crippen LogP contribution is 2.36. The second kappa shape index (κ2) is 10.8. The predicted molar refractivity (Wildman–Crippen MR) is 153 cm³/mol. The molecule has 1 fully saturated rings. The fraction of sp³-hybridized carbons (Fsp3) is 0.467. The molecular weight excluding hydrogens is 492 g/mol. The molecular formula is C30H38N6O3. The lowest BCUT2D eigenvalue weighted by Gasteiger charge is -2.23. The van der Waals surface area contributed by atoms with E-state index in [4.69, 9.17) is 19.6 Å². The Hall–Kier alpha value is -3.72. The first-order valence-electron chi connectivity index (χ1n) is 13.9. The van der Waals surface area contributed by atoms with E-state index in [1.165, 1.54) is 0 Å². The number of pyridine rings is 1. The molecule has 1 aliphatic heterocycles. The molecule has 5 rings (SSSR count). The largest absolute Gasteiger partial charge is 0.444 e. The van der Waals surface area contributed by atoms with Gasteiger partial charge in [0.25, 0.3) is 0 Å². The van der Waals surface area contributed by atoms with E-state index in [-0.39, 0.29) is 6.23 Å². The average molecular weight is 531 g/mol. The Morgan fingerprint density at radius 3 is 2.69 bits per heavy atom. The Morgan fingerprint density at radius 1 is 1.21 bits per heavy atom. The molecule has 0 spiro atoms. The molecule has 2 N–H and O–H groups in total. The van der Waals surface area contributed by atoms with Crippen LogP contribution in [0.15, 0.2) is 30.6 Å². The second-order valence-corrected chi connectivity index (χ2v) is 11.1. The summed E-state index contributed by atoms with van der Waals surface area (Å²) in [5, 5.41) is 8.90. The van der Waals surface area contributed by atoms with E-state index < -0.39 is 11.7 Å². The maximum atomic E-state index is 12.4. The highest BCUT2D eigenvalue weighted by Gasteiger charge is 2.24. The zero-order chi connectivity index (χ0) is 27.7. The number of H-pyrrole nitrogens is 1. The molecule has 4 aromatic rings. The quantitative estimate of drug-likeness (QED) is 0.279. The SMILES string of the molecule is CCc1nc(-c2nn(C3CCCCO3)c3ccc(-c4cncc(NC(=O)OC(C)(C)C)c4C)cc23)[nH]c1CC. The first kappa shape index (κ1) is 26.9. The molecule has 4 heterocycles. The minimum atomic E-state index is -0.589. The fourth-order valence-electron chi connectivity index (χ4n) is 5.12. The minimum absolute atomic E-state index is 0.100. The van der Waals surface area contributed by atoms with Crippen LogP contribution in [0.5, 0.6) is 0 Å². The van der Waals surface area contributed by atoms with Gasteiger partial charge in [0.2, 0.25) is 0 Å². The number of aromatic nitrogens is 5. The van der Waals surface area contributed by atoms with Crippen LogP contribution in [0.2, 0.25) is 0 Å². The Bertz CT molecular complexity index is 1470. The van der Waals surface area contributed by atoms with Gasteiger partial charge < -0.3 is 14.5 Å². The molecule has 9 heteroatoms. The third-order valence-corrected chi connectivity index (χ3v) is 7.07. The van der Waals surface area contributed by atoms with E-state index in [2.05, 4.69) is 47.3 Å². The van der Waals surface area contributed by atoms with Crippen molar-refractivity contribution in [1.82, 2.24) is 24.7 Å². The van der Waals surface area contributed by atoms with Crippen molar-refractivity contribution in [2.45, 2.75) is 85.5 Å². The van der Waals surface area contributed by atoms with Crippen molar-refractivity contribution in [3.63, 3.8) is 0 Å². The molecule has 1 aliphatic rings. The lowest BCUT2D eigenvalue weighted by atomic mass is 9.99. The van der Waals surface area contributed by atoms with Gasteiger partial charge in [0.15, 0.2) is 12.1 Å². The molecule has 1 amide bonds. The molecule has 0 aliphatic carbocycles. The van der Waals surface area contributed by atoms with Gasteiger partial charge in [0.05, 0.1) is 23.1 Å². The van der Waals surface area contributed by atoms with E-state index in [9.17, 15) is 4.79 Å². The number of fused-ring (bicyclic) bond motifs is 1. The number of nitrogens with one attached hydrogen (secondary N) is 2. The number of anilines is 1. The molecule has 3 aromatic heterocycles. The van der Waals surface area contributed by atoms with Gasteiger partial charge in [-0.15, -0.1) is 0 Å². The number of hydrogen-bond donors (Lipinski definition) is 2. The average Bonchev–Trinajstić information content (AvgIpc) is 3.50. The summed E-state index contributed by atoms with van der Waals surface area (Å²) < 4.78 is 13.6. The second-order valence-electron chi connectivity index (χ2n) is 11.1. The number of hydrogen-bond acceptors (Lipinski definition) is 6. The predicted octanol–water partition coefficient (Wildman–Crippen LogP) is 6.97. The summed E-state index contributed by atoms with van der Waals surface area (Å²) >= 11 is 0. The van der Waals surface area contributed by atoms with Gasteiger partial charge >= 0.3 is 6.09 Å². The number of amides is 1. The van der Waals surface area contributed by atoms with Crippen molar-refractivity contribution in [2.24, 2.45) is 0 Å². The van der Waals surface area contributed by atoms with E-state index in [0.717, 1.165) is 89.2 Å². The number of ether oxygens (including phenoxy) is 2. The first-order valence-corrected chi connectivity index (χ1v) is 13.9. The summed E-state index contributed by atoms with van der Waals surface area (Å²) in [7, 11) is 0. The van der Waals surface area contributed by atoms with E-state index in [1.54, 1.807) is 6.20 Å². The van der Waals surface area contributed by atoms with Gasteiger partial charge in [-0.05, 0) is 83.1 Å². The molecule has 206 valence electrons. The monoisotopic (exact) mass is 530 g/mol. The van der Waals surface area contributed by atoms with Crippen LogP contribution >= 0.6 is 0 Å². The Labute approximate surface area is 229 Å². The summed E-state index contributed by atoms with van der Waals surface area (Å²) in [6.07, 6.45) is 7.72. The van der Waals surface area contributed by atoms with Crippen LogP contribution < -0.4 is 5.32 Å². The molecule has 39 heavy (non-hydrogen) atoms. The smallest absolute Gasteiger partial charge is 0.412 e. The zero-order valence-corrected chi connectivity index (χ0v) is 23.7. The maximum absolute atomic E-state index is 12.4. The van der Waals surface area contributed by atoms with E-state index >= 15 is 0 Å². The number of carbonyl (C=O) groups excluding carboxylic acids is 1. The molecule has 1 saturated heterocycles. The van der Waals surface area contributed by atoms with Crippen molar-refractivity contribution >= 4 is 22.7 Å². The summed E-state index contributed by atoms with van der Waals surface area (Å²) in [5.74, 6) is 0.774. The highest BCUT2D eigenvalue weighted by molar-refractivity contribution is 5.96. The van der Waals surface area contributed by atoms with Crippen molar-refractivity contribution in [3.8, 4) is 22.6 Å². The Morgan fingerprint density at radius 2 is 2.03 bits per heavy atom. The minimum Gasteiger partial charge on any atom is -0.444 e. The van der Waals surface area contributed by atoms with Crippen LogP contribution in [0.25, 0.3) is 33.5 Å². The van der Waals surface area contributed by atoms with Crippen LogP contribution in [0, 0.1) is 6.92 Å². The van der Waals surface area contributed by atoms with Crippen LogP contribution in [-0.4, -0.2) is 43.0 Å². The van der Waals surface area contributed by atoms with Gasteiger partial charge in [-0.3, -0.25) is 10.3 Å². The normalized spacial score (nSPS) is 16.0. The first-order chi connectivity index (χ1) is 18.7. The molecule has 1 aromatic carbocycles. The van der Waals surface area contributed by atoms with Crippen molar-refractivity contribution in [1.29, 1.82) is 0 Å². The van der Waals surface area contributed by atoms with Crippen molar-refractivity contribution in [3.05, 3.63) is 47.5 Å². The van der Waals surface area contributed by atoms with Gasteiger partial charge in [-0.25, -0.2) is 14.5 Å². The van der Waals surface area contributed by atoms with Crippen molar-refractivity contribution < 1.29 is 14.3 Å². The fourth-order valence-corrected chi connectivity index (χ4v) is 5.12. The van der Waals surface area contributed by atoms with Crippen LogP contribution in [0.4, 0.5) is 10.5 Å². The number of imidazole rings is 1. The number of rotatable bonds is 6. The standard InChI is InChI=1S/C30H38N6O3/c1-7-22-23(8-2)33-28(32-22)27-20-15-19(12-13-25(20)36(35-27)26-11-9-10-14-38-26)21-16-31-17-24(18(21)3)34-29(37)39-30(4,5)6/h12-13,15-17,26H,7-11,14H2,1-6H3,(H,32,33)(H,34,37). The van der Waals surface area contributed by atoms with Crippen molar-refractivity contribution in [2.75, 3.05) is 11.9 Å². The topological polar surface area (TPSA) is 107 Å². The van der Waals surface area contributed by atoms with E-state index in [0.29, 0.717) is 5.69 Å². The summed E-state index contributed by atoms with van der Waals surface area (Å²) in [5.41, 5.74) is 6.84. The molecule has 0 bridgehead atoms. The maximum Gasteiger partial charge on any atom is 0.412 e. The molecule has 1 unspecified atom stereocenters. The highest BCUT2D eigenvalue weighted by atomic mass is 16.6. The zero-order valence-electron chi connectivity index (χ0n) is 23.7. The molecule has 1 atom stereocenters. The van der Waals surface area contributed by atoms with Crippen LogP contribution in [0.3, 0.4) is 0 Å². The van der Waals surface area contributed by atoms with Crippen LogP contribution in [0.1, 0.15) is 77.1 Å². The van der Waals surface area contributed by atoms with Crippen LogP contribution in [-0.2, 0) is 22.3 Å². The number of aromatic amines is 1.